The number of benzene rings is 1. The van der Waals surface area contributed by atoms with E-state index < -0.39 is 68.4 Å². The molecule has 1 N–H and O–H groups in total. The fourth-order valence-corrected chi connectivity index (χ4v) is 6.09. The van der Waals surface area contributed by atoms with Crippen molar-refractivity contribution in [3.63, 3.8) is 0 Å². The van der Waals surface area contributed by atoms with Crippen molar-refractivity contribution in [3.8, 4) is 11.4 Å². The summed E-state index contributed by atoms with van der Waals surface area (Å²) in [7, 11) is -3.17. The summed E-state index contributed by atoms with van der Waals surface area (Å²) < 4.78 is 112. The van der Waals surface area contributed by atoms with Crippen molar-refractivity contribution in [1.29, 1.82) is 0 Å². The Kier molecular flexibility index (Phi) is 9.46. The first-order valence-corrected chi connectivity index (χ1v) is 15.1. The van der Waals surface area contributed by atoms with Gasteiger partial charge in [-0.25, -0.2) is 13.4 Å². The van der Waals surface area contributed by atoms with E-state index in [2.05, 4.69) is 15.0 Å². The first-order valence-electron chi connectivity index (χ1n) is 13.2. The average molecular weight is 612 g/mol. The van der Waals surface area contributed by atoms with E-state index in [9.17, 15) is 35.2 Å². The van der Waals surface area contributed by atoms with Crippen LogP contribution in [0.5, 0.6) is 5.75 Å². The highest BCUT2D eigenvalue weighted by Crippen LogP contribution is 2.41. The minimum absolute atomic E-state index is 0.00927. The van der Waals surface area contributed by atoms with Crippen LogP contribution in [0.25, 0.3) is 5.69 Å². The number of nitrogens with one attached hydrogen (secondary N) is 1. The van der Waals surface area contributed by atoms with Crippen molar-refractivity contribution in [1.82, 2.24) is 14.9 Å². The first-order chi connectivity index (χ1) is 18.8. The molecule has 230 valence electrons. The second-order valence-electron chi connectivity index (χ2n) is 11.6. The number of rotatable bonds is 10. The number of amides is 1. The van der Waals surface area contributed by atoms with Gasteiger partial charge in [-0.05, 0) is 55.2 Å². The lowest BCUT2D eigenvalue weighted by atomic mass is 9.75. The number of carbonyl (C=O) groups excluding carboxylic acids is 1. The van der Waals surface area contributed by atoms with Crippen LogP contribution in [0.2, 0.25) is 0 Å². The van der Waals surface area contributed by atoms with Crippen LogP contribution >= 0.6 is 0 Å². The van der Waals surface area contributed by atoms with Crippen molar-refractivity contribution in [2.75, 3.05) is 12.8 Å². The third kappa shape index (κ3) is 7.55. The quantitative estimate of drug-likeness (QED) is 0.332. The van der Waals surface area contributed by atoms with Crippen molar-refractivity contribution >= 4 is 15.7 Å². The number of ether oxygens (including phenoxy) is 1. The lowest BCUT2D eigenvalue weighted by molar-refractivity contribution is -0.211. The number of imidazole rings is 1. The van der Waals surface area contributed by atoms with Crippen molar-refractivity contribution in [2.24, 2.45) is 10.8 Å². The zero-order valence-electron chi connectivity index (χ0n) is 23.5. The minimum atomic E-state index is -4.56. The lowest BCUT2D eigenvalue weighted by Crippen LogP contribution is -2.40. The number of aryl methyl sites for hydroxylation is 1. The number of nitrogens with zero attached hydrogens (tertiary/aromatic N) is 2. The summed E-state index contributed by atoms with van der Waals surface area (Å²) in [4.78, 5) is 17.0. The molecule has 1 aromatic heterocycles. The van der Waals surface area contributed by atoms with Gasteiger partial charge >= 0.3 is 12.8 Å². The van der Waals surface area contributed by atoms with Gasteiger partial charge in [0.25, 0.3) is 5.91 Å². The number of carbonyl (C=O) groups is 1. The number of hydrogen-bond donors (Lipinski definition) is 1. The molecule has 7 nitrogen and oxygen atoms in total. The second kappa shape index (κ2) is 11.8. The van der Waals surface area contributed by atoms with Crippen LogP contribution in [0, 0.1) is 16.8 Å². The fraction of sp³-hybridized carbons (Fsp3) is 0.630. The number of hydrogen-bond acceptors (Lipinski definition) is 5. The Bertz CT molecular complexity index is 1360. The van der Waals surface area contributed by atoms with Crippen LogP contribution < -0.4 is 10.1 Å². The zero-order valence-corrected chi connectivity index (χ0v) is 24.4. The molecular weight excluding hydrogens is 576 g/mol. The highest BCUT2D eigenvalue weighted by atomic mass is 32.2. The summed E-state index contributed by atoms with van der Waals surface area (Å²) in [6, 6.07) is 3.42. The fourth-order valence-electron chi connectivity index (χ4n) is 5.00. The molecule has 0 radical (unpaired) electrons. The third-order valence-electron chi connectivity index (χ3n) is 7.74. The topological polar surface area (TPSA) is 90.3 Å². The molecule has 1 saturated carbocycles. The maximum absolute atomic E-state index is 15.7. The Labute approximate surface area is 235 Å². The maximum Gasteiger partial charge on any atom is 0.394 e. The molecule has 1 fully saturated rings. The van der Waals surface area contributed by atoms with Crippen LogP contribution in [0.15, 0.2) is 18.2 Å². The molecule has 0 spiro atoms. The van der Waals surface area contributed by atoms with Crippen molar-refractivity contribution in [2.45, 2.75) is 84.3 Å². The van der Waals surface area contributed by atoms with E-state index in [1.54, 1.807) is 6.92 Å². The van der Waals surface area contributed by atoms with E-state index in [4.69, 9.17) is 0 Å². The number of aromatic nitrogens is 2. The minimum Gasteiger partial charge on any atom is -0.433 e. The molecular formula is C27H35F6N3O4S. The van der Waals surface area contributed by atoms with E-state index in [1.165, 1.54) is 12.3 Å². The van der Waals surface area contributed by atoms with E-state index >= 15 is 4.39 Å². The molecule has 0 unspecified atom stereocenters. The van der Waals surface area contributed by atoms with Gasteiger partial charge < -0.3 is 10.1 Å². The largest absolute Gasteiger partial charge is 0.433 e. The van der Waals surface area contributed by atoms with Gasteiger partial charge in [0.05, 0.1) is 16.4 Å². The summed E-state index contributed by atoms with van der Waals surface area (Å²) in [6.45, 7) is 2.24. The van der Waals surface area contributed by atoms with Gasteiger partial charge in [-0.15, -0.1) is 0 Å². The van der Waals surface area contributed by atoms with Crippen LogP contribution in [0.3, 0.4) is 0 Å². The van der Waals surface area contributed by atoms with Gasteiger partial charge in [0.1, 0.15) is 15.7 Å². The van der Waals surface area contributed by atoms with Gasteiger partial charge in [0, 0.05) is 19.2 Å². The standard InChI is InChI=1S/C27H35F6N3O4S/c1-6-20-35-21(23(37)34-15-26(4)11-9-17(10-12-26)41(5,38)39)22(28)36(20)18-8-7-16(13-19(18)40-24(29)30)14-25(2,3)27(31,32)33/h7-8,13,17,24H,6,9-12,14-15H2,1-5H3,(H,34,37). The predicted molar refractivity (Wildman–Crippen MR) is 141 cm³/mol. The normalized spacial score (nSPS) is 20.3. The molecule has 14 heteroatoms. The molecule has 2 aromatic rings. The number of sulfone groups is 1. The van der Waals surface area contributed by atoms with Gasteiger partial charge in [-0.1, -0.05) is 33.8 Å². The number of halogens is 6. The molecule has 1 aliphatic rings. The molecule has 1 amide bonds. The van der Waals surface area contributed by atoms with Crippen LogP contribution in [-0.4, -0.2) is 54.7 Å². The van der Waals surface area contributed by atoms with Gasteiger partial charge in [0.15, 0.2) is 11.4 Å². The molecule has 0 atom stereocenters. The molecule has 1 aromatic carbocycles. The Morgan fingerprint density at radius 2 is 1.83 bits per heavy atom. The third-order valence-corrected chi connectivity index (χ3v) is 9.42. The van der Waals surface area contributed by atoms with E-state index in [1.807, 2.05) is 6.92 Å². The molecule has 0 saturated heterocycles. The van der Waals surface area contributed by atoms with Crippen molar-refractivity contribution in [3.05, 3.63) is 41.2 Å². The predicted octanol–water partition coefficient (Wildman–Crippen LogP) is 6.03. The molecule has 3 rings (SSSR count). The highest BCUT2D eigenvalue weighted by molar-refractivity contribution is 7.91. The molecule has 1 aliphatic carbocycles. The van der Waals surface area contributed by atoms with Gasteiger partial charge in [0.2, 0.25) is 5.95 Å². The summed E-state index contributed by atoms with van der Waals surface area (Å²) >= 11 is 0. The van der Waals surface area contributed by atoms with E-state index in [0.717, 1.165) is 30.5 Å². The Balaban J connectivity index is 1.89. The van der Waals surface area contributed by atoms with E-state index in [0.29, 0.717) is 25.7 Å². The zero-order chi connectivity index (χ0) is 31.0. The highest BCUT2D eigenvalue weighted by Gasteiger charge is 2.47. The summed E-state index contributed by atoms with van der Waals surface area (Å²) in [5, 5.41) is 2.21. The van der Waals surface area contributed by atoms with E-state index in [-0.39, 0.29) is 30.0 Å². The number of alkyl halides is 5. The molecule has 0 aliphatic heterocycles. The Morgan fingerprint density at radius 1 is 1.22 bits per heavy atom. The van der Waals surface area contributed by atoms with Gasteiger partial charge in [-0.2, -0.15) is 26.3 Å². The summed E-state index contributed by atoms with van der Waals surface area (Å²) in [6.07, 6.45) is -1.86. The van der Waals surface area contributed by atoms with Crippen LogP contribution in [0.4, 0.5) is 26.3 Å². The summed E-state index contributed by atoms with van der Waals surface area (Å²) in [5.41, 5.74) is -3.37. The maximum atomic E-state index is 15.7. The SMILES string of the molecule is CCc1nc(C(=O)NCC2(C)CCC(S(C)(=O)=O)CC2)c(F)n1-c1ccc(CC(C)(C)C(F)(F)F)cc1OC(F)F. The molecule has 1 heterocycles. The monoisotopic (exact) mass is 611 g/mol. The molecule has 41 heavy (non-hydrogen) atoms. The second-order valence-corrected chi connectivity index (χ2v) is 13.9. The summed E-state index contributed by atoms with van der Waals surface area (Å²) in [5.74, 6) is -2.55. The lowest BCUT2D eigenvalue weighted by Gasteiger charge is -2.36. The molecule has 0 bridgehead atoms. The Morgan fingerprint density at radius 3 is 2.34 bits per heavy atom. The average Bonchev–Trinajstić information content (AvgIpc) is 3.17. The van der Waals surface area contributed by atoms with Crippen molar-refractivity contribution < 1.29 is 44.3 Å². The smallest absolute Gasteiger partial charge is 0.394 e. The first kappa shape index (κ1) is 32.7. The van der Waals surface area contributed by atoms with Crippen LogP contribution in [-0.2, 0) is 22.7 Å². The van der Waals surface area contributed by atoms with Crippen LogP contribution in [0.1, 0.15) is 75.3 Å². The van der Waals surface area contributed by atoms with Gasteiger partial charge in [-0.3, -0.25) is 9.36 Å². The Hall–Kier alpha value is -2.77.